The van der Waals surface area contributed by atoms with E-state index in [-0.39, 0.29) is 11.1 Å². The molecule has 0 bridgehead atoms. The van der Waals surface area contributed by atoms with E-state index in [2.05, 4.69) is 19.2 Å². The van der Waals surface area contributed by atoms with E-state index in [0.29, 0.717) is 29.1 Å². The normalized spacial score (nSPS) is 15.9. The first-order valence-corrected chi connectivity index (χ1v) is 10.6. The Labute approximate surface area is 194 Å². The fraction of sp³-hybridized carbons (Fsp3) is 0.417. The maximum atomic E-state index is 14.6. The second-order valence-electron chi connectivity index (χ2n) is 8.97. The zero-order valence-corrected chi connectivity index (χ0v) is 18.8. The van der Waals surface area contributed by atoms with Gasteiger partial charge in [-0.05, 0) is 48.8 Å². The van der Waals surface area contributed by atoms with E-state index in [1.165, 1.54) is 6.07 Å². The number of hydrogen-bond acceptors (Lipinski definition) is 3. The van der Waals surface area contributed by atoms with E-state index >= 15 is 0 Å². The number of nitrogens with one attached hydrogen (secondary N) is 1. The van der Waals surface area contributed by atoms with Crippen LogP contribution < -0.4 is 11.1 Å². The molecule has 0 aliphatic heterocycles. The Bertz CT molecular complexity index is 1030. The van der Waals surface area contributed by atoms with Crippen LogP contribution in [0.5, 0.6) is 0 Å². The van der Waals surface area contributed by atoms with Crippen LogP contribution in [-0.4, -0.2) is 29.2 Å². The standard InChI is InChI=1S/C22H26F2N2O.C2HF3O2/c1-22(2)10-8-17(9-11-22)26-13-16-6-7-18(20(24)19(16)23)14-4-3-5-15(12-14)21(25)27;3-2(4,5)1(6)7/h3-7,12,17,26H,8-11,13H2,1-2H3,(H2,25,27);(H,6,7). The number of carbonyl (C=O) groups excluding carboxylic acids is 1. The van der Waals surface area contributed by atoms with E-state index < -0.39 is 29.7 Å². The van der Waals surface area contributed by atoms with Crippen LogP contribution in [0, 0.1) is 17.0 Å². The monoisotopic (exact) mass is 486 g/mol. The molecule has 1 amide bonds. The van der Waals surface area contributed by atoms with Gasteiger partial charge in [0.2, 0.25) is 5.91 Å². The second kappa shape index (κ2) is 10.9. The largest absolute Gasteiger partial charge is 0.490 e. The number of halogens is 5. The lowest BCUT2D eigenvalue weighted by molar-refractivity contribution is -0.192. The van der Waals surface area contributed by atoms with Gasteiger partial charge in [-0.3, -0.25) is 4.79 Å². The lowest BCUT2D eigenvalue weighted by atomic mass is 9.75. The molecule has 5 nitrogen and oxygen atoms in total. The summed E-state index contributed by atoms with van der Waals surface area (Å²) < 4.78 is 60.9. The molecular formula is C24H27F5N2O3. The average molecular weight is 486 g/mol. The van der Waals surface area contributed by atoms with Crippen LogP contribution in [-0.2, 0) is 11.3 Å². The van der Waals surface area contributed by atoms with Crippen LogP contribution in [0.2, 0.25) is 0 Å². The van der Waals surface area contributed by atoms with Gasteiger partial charge in [0.15, 0.2) is 11.6 Å². The molecule has 10 heteroatoms. The number of nitrogens with two attached hydrogens (primary N) is 1. The van der Waals surface area contributed by atoms with Crippen molar-refractivity contribution in [1.82, 2.24) is 5.32 Å². The average Bonchev–Trinajstić information content (AvgIpc) is 2.75. The number of carboxylic acids is 1. The van der Waals surface area contributed by atoms with Crippen LogP contribution in [0.25, 0.3) is 11.1 Å². The molecule has 1 aliphatic rings. The number of amides is 1. The highest BCUT2D eigenvalue weighted by Gasteiger charge is 2.38. The van der Waals surface area contributed by atoms with Gasteiger partial charge in [0.1, 0.15) is 0 Å². The zero-order valence-electron chi connectivity index (χ0n) is 18.8. The second-order valence-corrected chi connectivity index (χ2v) is 8.97. The Morgan fingerprint density at radius 3 is 2.21 bits per heavy atom. The van der Waals surface area contributed by atoms with E-state index in [0.717, 1.165) is 25.7 Å². The summed E-state index contributed by atoms with van der Waals surface area (Å²) in [6.07, 6.45) is -0.711. The minimum absolute atomic E-state index is 0.124. The molecule has 1 saturated carbocycles. The van der Waals surface area contributed by atoms with E-state index in [9.17, 15) is 26.7 Å². The molecule has 2 aromatic rings. The number of benzene rings is 2. The lowest BCUT2D eigenvalue weighted by Crippen LogP contribution is -2.35. The highest BCUT2D eigenvalue weighted by Crippen LogP contribution is 2.35. The summed E-state index contributed by atoms with van der Waals surface area (Å²) in [4.78, 5) is 20.2. The van der Waals surface area contributed by atoms with Crippen molar-refractivity contribution in [1.29, 1.82) is 0 Å². The van der Waals surface area contributed by atoms with Gasteiger partial charge in [-0.25, -0.2) is 13.6 Å². The van der Waals surface area contributed by atoms with Gasteiger partial charge >= 0.3 is 12.1 Å². The van der Waals surface area contributed by atoms with Gasteiger partial charge in [0, 0.05) is 29.3 Å². The first-order valence-electron chi connectivity index (χ1n) is 10.6. The van der Waals surface area contributed by atoms with Crippen molar-refractivity contribution in [2.75, 3.05) is 0 Å². The van der Waals surface area contributed by atoms with Crippen molar-refractivity contribution in [3.63, 3.8) is 0 Å². The van der Waals surface area contributed by atoms with Crippen molar-refractivity contribution >= 4 is 11.9 Å². The Morgan fingerprint density at radius 1 is 1.09 bits per heavy atom. The quantitative estimate of drug-likeness (QED) is 0.492. The summed E-state index contributed by atoms with van der Waals surface area (Å²) in [6, 6.07) is 9.75. The Hall–Kier alpha value is -3.01. The summed E-state index contributed by atoms with van der Waals surface area (Å²) in [7, 11) is 0. The fourth-order valence-corrected chi connectivity index (χ4v) is 3.65. The van der Waals surface area contributed by atoms with Gasteiger partial charge < -0.3 is 16.2 Å². The van der Waals surface area contributed by atoms with E-state index in [4.69, 9.17) is 15.6 Å². The predicted octanol–water partition coefficient (Wildman–Crippen LogP) is 5.42. The zero-order chi connectivity index (χ0) is 25.7. The number of carbonyl (C=O) groups is 2. The van der Waals surface area contributed by atoms with Gasteiger partial charge in [-0.2, -0.15) is 13.2 Å². The molecule has 0 atom stereocenters. The summed E-state index contributed by atoms with van der Waals surface area (Å²) in [5, 5.41) is 10.5. The molecule has 0 radical (unpaired) electrons. The molecule has 0 saturated heterocycles. The predicted molar refractivity (Wildman–Crippen MR) is 117 cm³/mol. The number of primary amides is 1. The first kappa shape index (κ1) is 27.2. The van der Waals surface area contributed by atoms with Crippen LogP contribution in [0.15, 0.2) is 36.4 Å². The molecule has 0 aromatic heterocycles. The van der Waals surface area contributed by atoms with Crippen LogP contribution >= 0.6 is 0 Å². The topological polar surface area (TPSA) is 92.4 Å². The summed E-state index contributed by atoms with van der Waals surface area (Å²) in [6.45, 7) is 4.84. The molecule has 3 rings (SSSR count). The van der Waals surface area contributed by atoms with E-state index in [1.807, 2.05) is 0 Å². The minimum atomic E-state index is -5.08. The van der Waals surface area contributed by atoms with Crippen LogP contribution in [0.4, 0.5) is 22.0 Å². The van der Waals surface area contributed by atoms with Crippen LogP contribution in [0.3, 0.4) is 0 Å². The molecule has 4 N–H and O–H groups in total. The number of alkyl halides is 3. The molecular weight excluding hydrogens is 459 g/mol. The molecule has 0 spiro atoms. The number of rotatable bonds is 5. The third kappa shape index (κ3) is 7.51. The first-order chi connectivity index (χ1) is 15.7. The van der Waals surface area contributed by atoms with Crippen molar-refractivity contribution in [3.05, 3.63) is 59.2 Å². The van der Waals surface area contributed by atoms with Gasteiger partial charge in [-0.15, -0.1) is 0 Å². The molecule has 0 heterocycles. The van der Waals surface area contributed by atoms with E-state index in [1.54, 1.807) is 30.3 Å². The van der Waals surface area contributed by atoms with Crippen molar-refractivity contribution in [2.24, 2.45) is 11.1 Å². The highest BCUT2D eigenvalue weighted by molar-refractivity contribution is 5.94. The van der Waals surface area contributed by atoms with Gasteiger partial charge in [0.05, 0.1) is 0 Å². The number of hydrogen-bond donors (Lipinski definition) is 3. The molecule has 1 aliphatic carbocycles. The molecule has 0 unspecified atom stereocenters. The third-order valence-corrected chi connectivity index (χ3v) is 5.78. The number of carboxylic acid groups (broad SMARTS) is 1. The van der Waals surface area contributed by atoms with Crippen molar-refractivity contribution < 1.29 is 36.6 Å². The smallest absolute Gasteiger partial charge is 0.475 e. The minimum Gasteiger partial charge on any atom is -0.475 e. The maximum absolute atomic E-state index is 14.6. The summed E-state index contributed by atoms with van der Waals surface area (Å²) in [5.41, 5.74) is 6.76. The molecule has 1 fully saturated rings. The molecule has 34 heavy (non-hydrogen) atoms. The highest BCUT2D eigenvalue weighted by atomic mass is 19.4. The Morgan fingerprint density at radius 2 is 1.68 bits per heavy atom. The van der Waals surface area contributed by atoms with Gasteiger partial charge in [0.25, 0.3) is 0 Å². The summed E-state index contributed by atoms with van der Waals surface area (Å²) >= 11 is 0. The SMILES string of the molecule is CC1(C)CCC(NCc2ccc(-c3cccc(C(N)=O)c3)c(F)c2F)CC1.O=C(O)C(F)(F)F. The molecule has 2 aromatic carbocycles. The maximum Gasteiger partial charge on any atom is 0.490 e. The Balaban J connectivity index is 0.000000509. The molecule has 186 valence electrons. The fourth-order valence-electron chi connectivity index (χ4n) is 3.65. The number of aliphatic carboxylic acids is 1. The van der Waals surface area contributed by atoms with Gasteiger partial charge in [-0.1, -0.05) is 38.1 Å². The lowest BCUT2D eigenvalue weighted by Gasteiger charge is -2.34. The third-order valence-electron chi connectivity index (χ3n) is 5.78. The summed E-state index contributed by atoms with van der Waals surface area (Å²) in [5.74, 6) is -5.11. The van der Waals surface area contributed by atoms with Crippen molar-refractivity contribution in [3.8, 4) is 11.1 Å². The Kier molecular flexibility index (Phi) is 8.77. The van der Waals surface area contributed by atoms with Crippen molar-refractivity contribution in [2.45, 2.75) is 58.3 Å². The van der Waals surface area contributed by atoms with Crippen LogP contribution in [0.1, 0.15) is 55.5 Å².